The Kier molecular flexibility index (Phi) is 1.31. The van der Waals surface area contributed by atoms with Crippen LogP contribution in [0.15, 0.2) is 0 Å². The van der Waals surface area contributed by atoms with E-state index in [1.807, 2.05) is 6.92 Å². The molecule has 0 aromatic heterocycles. The standard InChI is InChI=1S/C7H14O/c1-6-3-4-7(2,8)5-6/h6,8H,3-5H2,1-2H3/t6-,7+/m1/s1. The minimum Gasteiger partial charge on any atom is -0.390 e. The summed E-state index contributed by atoms with van der Waals surface area (Å²) in [5, 5.41) is 9.36. The van der Waals surface area contributed by atoms with Crippen LogP contribution in [0.2, 0.25) is 0 Å². The van der Waals surface area contributed by atoms with Crippen LogP contribution in [-0.4, -0.2) is 10.7 Å². The van der Waals surface area contributed by atoms with Gasteiger partial charge in [0.2, 0.25) is 0 Å². The quantitative estimate of drug-likeness (QED) is 0.506. The third-order valence-electron chi connectivity index (χ3n) is 1.96. The first-order chi connectivity index (χ1) is 3.60. The summed E-state index contributed by atoms with van der Waals surface area (Å²) in [4.78, 5) is 0. The normalized spacial score (nSPS) is 47.6. The Bertz CT molecular complexity index is 86.4. The molecule has 0 aliphatic heterocycles. The van der Waals surface area contributed by atoms with Crippen LogP contribution in [0.5, 0.6) is 0 Å². The summed E-state index contributed by atoms with van der Waals surface area (Å²) in [7, 11) is 0. The molecule has 0 unspecified atom stereocenters. The smallest absolute Gasteiger partial charge is 0.0622 e. The van der Waals surface area contributed by atoms with E-state index in [9.17, 15) is 5.11 Å². The maximum Gasteiger partial charge on any atom is 0.0622 e. The van der Waals surface area contributed by atoms with Crippen LogP contribution in [0, 0.1) is 5.92 Å². The molecule has 8 heavy (non-hydrogen) atoms. The van der Waals surface area contributed by atoms with Gasteiger partial charge in [0.25, 0.3) is 0 Å². The lowest BCUT2D eigenvalue weighted by Gasteiger charge is -2.13. The first-order valence-electron chi connectivity index (χ1n) is 3.32. The van der Waals surface area contributed by atoms with Crippen LogP contribution in [0.4, 0.5) is 0 Å². The topological polar surface area (TPSA) is 20.2 Å². The highest BCUT2D eigenvalue weighted by Gasteiger charge is 2.29. The summed E-state index contributed by atoms with van der Waals surface area (Å²) in [6.45, 7) is 4.12. The van der Waals surface area contributed by atoms with Gasteiger partial charge in [0.1, 0.15) is 0 Å². The molecule has 1 saturated carbocycles. The molecule has 0 aromatic carbocycles. The predicted molar refractivity (Wildman–Crippen MR) is 33.6 cm³/mol. The first kappa shape index (κ1) is 6.09. The molecule has 0 aromatic rings. The molecule has 0 spiro atoms. The summed E-state index contributed by atoms with van der Waals surface area (Å²) in [6, 6.07) is 0. The summed E-state index contributed by atoms with van der Waals surface area (Å²) >= 11 is 0. The second kappa shape index (κ2) is 1.73. The third-order valence-corrected chi connectivity index (χ3v) is 1.96. The number of aliphatic hydroxyl groups is 1. The summed E-state index contributed by atoms with van der Waals surface area (Å²) in [5.41, 5.74) is -0.334. The predicted octanol–water partition coefficient (Wildman–Crippen LogP) is 1.56. The van der Waals surface area contributed by atoms with Crippen LogP contribution in [0.3, 0.4) is 0 Å². The maximum absolute atomic E-state index is 9.36. The molecule has 0 heterocycles. The van der Waals surface area contributed by atoms with Gasteiger partial charge in [-0.2, -0.15) is 0 Å². The highest BCUT2D eigenvalue weighted by molar-refractivity contribution is 4.82. The SMILES string of the molecule is C[C@@H]1CC[C@](C)(O)C1. The van der Waals surface area contributed by atoms with Gasteiger partial charge in [-0.3, -0.25) is 0 Å². The van der Waals surface area contributed by atoms with Gasteiger partial charge < -0.3 is 5.11 Å². The monoisotopic (exact) mass is 114 g/mol. The van der Waals surface area contributed by atoms with E-state index < -0.39 is 0 Å². The molecule has 1 rings (SSSR count). The average Bonchev–Trinajstić information content (AvgIpc) is 1.82. The van der Waals surface area contributed by atoms with Crippen LogP contribution < -0.4 is 0 Å². The lowest BCUT2D eigenvalue weighted by Crippen LogP contribution is -2.18. The molecule has 0 amide bonds. The van der Waals surface area contributed by atoms with Crippen molar-refractivity contribution in [3.8, 4) is 0 Å². The highest BCUT2D eigenvalue weighted by atomic mass is 16.3. The Morgan fingerprint density at radius 2 is 2.25 bits per heavy atom. The minimum atomic E-state index is -0.334. The molecule has 1 N–H and O–H groups in total. The molecule has 1 aliphatic carbocycles. The van der Waals surface area contributed by atoms with Crippen molar-refractivity contribution in [2.75, 3.05) is 0 Å². The average molecular weight is 114 g/mol. The zero-order chi connectivity index (χ0) is 6.20. The zero-order valence-electron chi connectivity index (χ0n) is 5.65. The van der Waals surface area contributed by atoms with E-state index in [4.69, 9.17) is 0 Å². The van der Waals surface area contributed by atoms with Crippen LogP contribution in [0.1, 0.15) is 33.1 Å². The molecule has 1 heteroatoms. The number of rotatable bonds is 0. The van der Waals surface area contributed by atoms with E-state index >= 15 is 0 Å². The van der Waals surface area contributed by atoms with Gasteiger partial charge in [-0.05, 0) is 32.1 Å². The molecule has 1 aliphatic rings. The van der Waals surface area contributed by atoms with Crippen LogP contribution in [-0.2, 0) is 0 Å². The van der Waals surface area contributed by atoms with Crippen molar-refractivity contribution in [1.29, 1.82) is 0 Å². The second-order valence-corrected chi connectivity index (χ2v) is 3.34. The summed E-state index contributed by atoms with van der Waals surface area (Å²) < 4.78 is 0. The Labute approximate surface area is 50.7 Å². The first-order valence-corrected chi connectivity index (χ1v) is 3.32. The molecule has 0 radical (unpaired) electrons. The fraction of sp³-hybridized carbons (Fsp3) is 1.00. The molecular formula is C7H14O. The van der Waals surface area contributed by atoms with E-state index in [1.165, 1.54) is 6.42 Å². The highest BCUT2D eigenvalue weighted by Crippen LogP contribution is 2.33. The second-order valence-electron chi connectivity index (χ2n) is 3.34. The maximum atomic E-state index is 9.36. The number of hydrogen-bond donors (Lipinski definition) is 1. The molecule has 1 nitrogen and oxygen atoms in total. The van der Waals surface area contributed by atoms with Gasteiger partial charge in [0.15, 0.2) is 0 Å². The zero-order valence-corrected chi connectivity index (χ0v) is 5.65. The Morgan fingerprint density at radius 3 is 2.38 bits per heavy atom. The van der Waals surface area contributed by atoms with Gasteiger partial charge in [0.05, 0.1) is 5.60 Å². The lowest BCUT2D eigenvalue weighted by atomic mass is 10.0. The number of hydrogen-bond acceptors (Lipinski definition) is 1. The minimum absolute atomic E-state index is 0.334. The van der Waals surface area contributed by atoms with Crippen molar-refractivity contribution in [3.63, 3.8) is 0 Å². The molecule has 2 atom stereocenters. The fourth-order valence-corrected chi connectivity index (χ4v) is 1.51. The molecule has 1 fully saturated rings. The van der Waals surface area contributed by atoms with Gasteiger partial charge in [-0.25, -0.2) is 0 Å². The Morgan fingerprint density at radius 1 is 1.62 bits per heavy atom. The van der Waals surface area contributed by atoms with Gasteiger partial charge in [-0.15, -0.1) is 0 Å². The Balaban J connectivity index is 2.44. The molecule has 0 bridgehead atoms. The van der Waals surface area contributed by atoms with Crippen molar-refractivity contribution in [2.45, 2.75) is 38.7 Å². The van der Waals surface area contributed by atoms with Gasteiger partial charge in [-0.1, -0.05) is 6.92 Å². The van der Waals surface area contributed by atoms with Crippen LogP contribution in [0.25, 0.3) is 0 Å². The van der Waals surface area contributed by atoms with Gasteiger partial charge in [0, 0.05) is 0 Å². The lowest BCUT2D eigenvalue weighted by molar-refractivity contribution is 0.0644. The van der Waals surface area contributed by atoms with Crippen molar-refractivity contribution in [1.82, 2.24) is 0 Å². The van der Waals surface area contributed by atoms with Crippen molar-refractivity contribution >= 4 is 0 Å². The van der Waals surface area contributed by atoms with E-state index in [0.717, 1.165) is 18.8 Å². The molecule has 48 valence electrons. The largest absolute Gasteiger partial charge is 0.390 e. The molecule has 0 saturated heterocycles. The van der Waals surface area contributed by atoms with Crippen molar-refractivity contribution < 1.29 is 5.11 Å². The summed E-state index contributed by atoms with van der Waals surface area (Å²) in [6.07, 6.45) is 3.19. The van der Waals surface area contributed by atoms with Crippen molar-refractivity contribution in [2.24, 2.45) is 5.92 Å². The molecular weight excluding hydrogens is 100 g/mol. The summed E-state index contributed by atoms with van der Waals surface area (Å²) in [5.74, 6) is 0.741. The Hall–Kier alpha value is -0.0400. The van der Waals surface area contributed by atoms with Crippen LogP contribution >= 0.6 is 0 Å². The van der Waals surface area contributed by atoms with Gasteiger partial charge >= 0.3 is 0 Å². The van der Waals surface area contributed by atoms with Crippen molar-refractivity contribution in [3.05, 3.63) is 0 Å². The van der Waals surface area contributed by atoms with E-state index in [0.29, 0.717) is 0 Å². The third kappa shape index (κ3) is 1.22. The van der Waals surface area contributed by atoms with E-state index in [2.05, 4.69) is 6.92 Å². The fourth-order valence-electron chi connectivity index (χ4n) is 1.51. The van der Waals surface area contributed by atoms with E-state index in [1.54, 1.807) is 0 Å². The van der Waals surface area contributed by atoms with E-state index in [-0.39, 0.29) is 5.60 Å².